The summed E-state index contributed by atoms with van der Waals surface area (Å²) in [7, 11) is 5.06. The van der Waals surface area contributed by atoms with Gasteiger partial charge in [0.25, 0.3) is 11.8 Å². The second-order valence-electron chi connectivity index (χ2n) is 7.36. The largest absolute Gasteiger partial charge is 0.497 e. The molecule has 1 fully saturated rings. The van der Waals surface area contributed by atoms with E-state index in [4.69, 9.17) is 9.47 Å². The van der Waals surface area contributed by atoms with Gasteiger partial charge < -0.3 is 23.8 Å². The van der Waals surface area contributed by atoms with E-state index in [9.17, 15) is 9.59 Å². The lowest BCUT2D eigenvalue weighted by Crippen LogP contribution is -2.50. The molecule has 7 heteroatoms. The fraction of sp³-hybridized carbons (Fsp3) is 0.304. The number of hydrogen-bond donors (Lipinski definition) is 0. The third-order valence-electron chi connectivity index (χ3n) is 5.58. The Bertz CT molecular complexity index is 1070. The van der Waals surface area contributed by atoms with Crippen molar-refractivity contribution in [2.75, 3.05) is 40.4 Å². The molecule has 0 bridgehead atoms. The number of amides is 2. The molecule has 0 spiro atoms. The number of methoxy groups -OCH3 is 2. The molecule has 4 rings (SSSR count). The van der Waals surface area contributed by atoms with Crippen molar-refractivity contribution in [1.29, 1.82) is 0 Å². The van der Waals surface area contributed by atoms with Crippen molar-refractivity contribution in [3.63, 3.8) is 0 Å². The van der Waals surface area contributed by atoms with Crippen LogP contribution in [-0.4, -0.2) is 66.6 Å². The Kier molecular flexibility index (Phi) is 5.35. The zero-order valence-electron chi connectivity index (χ0n) is 17.4. The summed E-state index contributed by atoms with van der Waals surface area (Å²) < 4.78 is 12.5. The summed E-state index contributed by atoms with van der Waals surface area (Å²) in [6, 6.07) is 13.0. The van der Waals surface area contributed by atoms with Crippen LogP contribution in [0.1, 0.15) is 20.7 Å². The monoisotopic (exact) mass is 407 g/mol. The fourth-order valence-corrected chi connectivity index (χ4v) is 3.91. The van der Waals surface area contributed by atoms with Gasteiger partial charge in [-0.15, -0.1) is 0 Å². The van der Waals surface area contributed by atoms with Gasteiger partial charge >= 0.3 is 0 Å². The van der Waals surface area contributed by atoms with E-state index in [1.165, 1.54) is 0 Å². The van der Waals surface area contributed by atoms with E-state index >= 15 is 0 Å². The molecule has 7 nitrogen and oxygen atoms in total. The normalized spacial score (nSPS) is 14.1. The summed E-state index contributed by atoms with van der Waals surface area (Å²) in [5.74, 6) is 1.05. The minimum Gasteiger partial charge on any atom is -0.497 e. The first-order valence-electron chi connectivity index (χ1n) is 9.87. The summed E-state index contributed by atoms with van der Waals surface area (Å²) >= 11 is 0. The van der Waals surface area contributed by atoms with E-state index in [1.807, 2.05) is 47.0 Å². The van der Waals surface area contributed by atoms with Crippen LogP contribution in [0, 0.1) is 0 Å². The molecule has 0 aliphatic carbocycles. The standard InChI is InChI=1S/C23H25N3O4/c1-24-15-20(19-6-4-5-7-21(19)24)23(28)26-10-8-25(9-11-26)22(27)16-12-17(29-2)14-18(13-16)30-3/h4-7,12-15H,8-11H2,1-3H3. The van der Waals surface area contributed by atoms with Crippen LogP contribution in [0.25, 0.3) is 10.9 Å². The van der Waals surface area contributed by atoms with Gasteiger partial charge in [0.2, 0.25) is 0 Å². The van der Waals surface area contributed by atoms with E-state index in [0.717, 1.165) is 10.9 Å². The molecule has 1 aliphatic heterocycles. The molecule has 0 unspecified atom stereocenters. The number of benzene rings is 2. The Balaban J connectivity index is 1.47. The maximum absolute atomic E-state index is 13.1. The van der Waals surface area contributed by atoms with Crippen LogP contribution in [0.4, 0.5) is 0 Å². The molecule has 1 aromatic heterocycles. The van der Waals surface area contributed by atoms with Gasteiger partial charge in [-0.2, -0.15) is 0 Å². The van der Waals surface area contributed by atoms with Gasteiger partial charge in [0.15, 0.2) is 0 Å². The number of para-hydroxylation sites is 1. The van der Waals surface area contributed by atoms with E-state index in [1.54, 1.807) is 37.3 Å². The van der Waals surface area contributed by atoms with Gasteiger partial charge in [-0.25, -0.2) is 0 Å². The third-order valence-corrected chi connectivity index (χ3v) is 5.58. The Hall–Kier alpha value is -3.48. The Morgan fingerprint density at radius 3 is 2.00 bits per heavy atom. The number of hydrogen-bond acceptors (Lipinski definition) is 4. The lowest BCUT2D eigenvalue weighted by atomic mass is 10.1. The number of ether oxygens (including phenoxy) is 2. The Morgan fingerprint density at radius 1 is 0.833 bits per heavy atom. The maximum atomic E-state index is 13.1. The Morgan fingerprint density at radius 2 is 1.40 bits per heavy atom. The van der Waals surface area contributed by atoms with E-state index in [2.05, 4.69) is 0 Å². The van der Waals surface area contributed by atoms with Crippen molar-refractivity contribution in [2.45, 2.75) is 0 Å². The first kappa shape index (κ1) is 19.8. The molecule has 2 heterocycles. The average molecular weight is 407 g/mol. The molecule has 2 aromatic carbocycles. The summed E-state index contributed by atoms with van der Waals surface area (Å²) in [4.78, 5) is 29.7. The lowest BCUT2D eigenvalue weighted by molar-refractivity contribution is 0.0536. The number of rotatable bonds is 4. The zero-order valence-corrected chi connectivity index (χ0v) is 17.4. The summed E-state index contributed by atoms with van der Waals surface area (Å²) in [6.07, 6.45) is 1.88. The molecule has 1 saturated heterocycles. The molecular formula is C23H25N3O4. The van der Waals surface area contributed by atoms with E-state index < -0.39 is 0 Å². The van der Waals surface area contributed by atoms with Crippen LogP contribution in [0.3, 0.4) is 0 Å². The zero-order chi connectivity index (χ0) is 21.3. The molecule has 2 amide bonds. The average Bonchev–Trinajstić information content (AvgIpc) is 3.14. The van der Waals surface area contributed by atoms with Crippen LogP contribution in [0.15, 0.2) is 48.7 Å². The van der Waals surface area contributed by atoms with Gasteiger partial charge in [-0.3, -0.25) is 9.59 Å². The first-order valence-corrected chi connectivity index (χ1v) is 9.87. The van der Waals surface area contributed by atoms with Crippen LogP contribution in [-0.2, 0) is 7.05 Å². The molecular weight excluding hydrogens is 382 g/mol. The van der Waals surface area contributed by atoms with Crippen molar-refractivity contribution in [1.82, 2.24) is 14.4 Å². The van der Waals surface area contributed by atoms with Gasteiger partial charge in [0.05, 0.1) is 19.8 Å². The van der Waals surface area contributed by atoms with Gasteiger partial charge in [-0.05, 0) is 18.2 Å². The molecule has 0 N–H and O–H groups in total. The highest BCUT2D eigenvalue weighted by molar-refractivity contribution is 6.07. The van der Waals surface area contributed by atoms with Gasteiger partial charge in [-0.1, -0.05) is 18.2 Å². The second-order valence-corrected chi connectivity index (χ2v) is 7.36. The number of aromatic nitrogens is 1. The van der Waals surface area contributed by atoms with Crippen molar-refractivity contribution in [3.8, 4) is 11.5 Å². The second kappa shape index (κ2) is 8.10. The van der Waals surface area contributed by atoms with Crippen molar-refractivity contribution >= 4 is 22.7 Å². The van der Waals surface area contributed by atoms with E-state index in [0.29, 0.717) is 48.8 Å². The quantitative estimate of drug-likeness (QED) is 0.667. The minimum atomic E-state index is -0.0931. The topological polar surface area (TPSA) is 64.0 Å². The highest BCUT2D eigenvalue weighted by Crippen LogP contribution is 2.25. The molecule has 1 aliphatic rings. The number of carbonyl (C=O) groups is 2. The summed E-state index contributed by atoms with van der Waals surface area (Å²) in [5, 5.41) is 0.951. The van der Waals surface area contributed by atoms with Crippen LogP contribution in [0.5, 0.6) is 11.5 Å². The van der Waals surface area contributed by atoms with Gasteiger partial charge in [0.1, 0.15) is 11.5 Å². The maximum Gasteiger partial charge on any atom is 0.256 e. The molecule has 156 valence electrons. The van der Waals surface area contributed by atoms with Crippen molar-refractivity contribution in [3.05, 3.63) is 59.8 Å². The smallest absolute Gasteiger partial charge is 0.256 e. The molecule has 0 saturated carbocycles. The predicted molar refractivity (Wildman–Crippen MR) is 114 cm³/mol. The highest BCUT2D eigenvalue weighted by atomic mass is 16.5. The predicted octanol–water partition coefficient (Wildman–Crippen LogP) is 2.79. The Labute approximate surface area is 175 Å². The molecule has 0 atom stereocenters. The number of fused-ring (bicyclic) bond motifs is 1. The van der Waals surface area contributed by atoms with Crippen molar-refractivity contribution < 1.29 is 19.1 Å². The third kappa shape index (κ3) is 3.58. The fourth-order valence-electron chi connectivity index (χ4n) is 3.91. The minimum absolute atomic E-state index is 0.00180. The number of nitrogens with zero attached hydrogens (tertiary/aromatic N) is 3. The number of aryl methyl sites for hydroxylation is 1. The molecule has 30 heavy (non-hydrogen) atoms. The lowest BCUT2D eigenvalue weighted by Gasteiger charge is -2.34. The van der Waals surface area contributed by atoms with Crippen LogP contribution >= 0.6 is 0 Å². The molecule has 3 aromatic rings. The summed E-state index contributed by atoms with van der Waals surface area (Å²) in [5.41, 5.74) is 2.24. The van der Waals surface area contributed by atoms with Crippen molar-refractivity contribution in [2.24, 2.45) is 7.05 Å². The van der Waals surface area contributed by atoms with Gasteiger partial charge in [0, 0.05) is 62.0 Å². The number of carbonyl (C=O) groups excluding carboxylic acids is 2. The van der Waals surface area contributed by atoms with Crippen LogP contribution in [0.2, 0.25) is 0 Å². The van der Waals surface area contributed by atoms with E-state index in [-0.39, 0.29) is 11.8 Å². The summed E-state index contributed by atoms with van der Waals surface area (Å²) in [6.45, 7) is 1.95. The van der Waals surface area contributed by atoms with Crippen LogP contribution < -0.4 is 9.47 Å². The SMILES string of the molecule is COc1cc(OC)cc(C(=O)N2CCN(C(=O)c3cn(C)c4ccccc34)CC2)c1. The first-order chi connectivity index (χ1) is 14.5. The highest BCUT2D eigenvalue weighted by Gasteiger charge is 2.27. The molecule has 0 radical (unpaired) electrons. The number of piperazine rings is 1.